The molecule has 1 N–H and O–H groups in total. The van der Waals surface area contributed by atoms with Gasteiger partial charge in [0, 0.05) is 19.1 Å². The smallest absolute Gasteiger partial charge is 0.0208 e. The summed E-state index contributed by atoms with van der Waals surface area (Å²) >= 11 is 0. The number of benzene rings is 2. The Labute approximate surface area is 140 Å². The molecule has 0 bridgehead atoms. The molecule has 0 radical (unpaired) electrons. The van der Waals surface area contributed by atoms with Crippen molar-refractivity contribution in [1.29, 1.82) is 0 Å². The fourth-order valence-corrected chi connectivity index (χ4v) is 3.56. The second-order valence-electron chi connectivity index (χ2n) is 6.97. The molecule has 0 aromatic heterocycles. The monoisotopic (exact) mass is 308 g/mol. The van der Waals surface area contributed by atoms with Crippen molar-refractivity contribution in [3.8, 4) is 0 Å². The Balaban J connectivity index is 1.63. The zero-order chi connectivity index (χ0) is 16.1. The molecule has 1 saturated heterocycles. The standard InChI is InChI=1S/C21H28N2/c1-17-8-10-18(11-9-17)14-20-16-23(2)13-12-21(20)22-15-19-6-4-3-5-7-19/h3-11,20-22H,12-16H2,1-2H3/t20-,21+/m0/s1. The first-order chi connectivity index (χ1) is 11.2. The van der Waals surface area contributed by atoms with Gasteiger partial charge in [-0.25, -0.2) is 0 Å². The summed E-state index contributed by atoms with van der Waals surface area (Å²) in [4.78, 5) is 2.47. The van der Waals surface area contributed by atoms with Crippen molar-refractivity contribution in [2.75, 3.05) is 20.1 Å². The Morgan fingerprint density at radius 2 is 1.74 bits per heavy atom. The number of hydrogen-bond acceptors (Lipinski definition) is 2. The molecular weight excluding hydrogens is 280 g/mol. The maximum atomic E-state index is 3.81. The maximum absolute atomic E-state index is 3.81. The van der Waals surface area contributed by atoms with Crippen LogP contribution in [0.3, 0.4) is 0 Å². The topological polar surface area (TPSA) is 15.3 Å². The van der Waals surface area contributed by atoms with E-state index in [4.69, 9.17) is 0 Å². The molecule has 1 fully saturated rings. The van der Waals surface area contributed by atoms with Crippen LogP contribution in [-0.2, 0) is 13.0 Å². The van der Waals surface area contributed by atoms with Crippen LogP contribution in [0.2, 0.25) is 0 Å². The molecule has 0 aliphatic carbocycles. The Morgan fingerprint density at radius 1 is 1.00 bits per heavy atom. The highest BCUT2D eigenvalue weighted by atomic mass is 15.1. The highest BCUT2D eigenvalue weighted by Crippen LogP contribution is 2.21. The van der Waals surface area contributed by atoms with Gasteiger partial charge in [0.15, 0.2) is 0 Å². The molecule has 2 aromatic rings. The lowest BCUT2D eigenvalue weighted by atomic mass is 9.86. The fourth-order valence-electron chi connectivity index (χ4n) is 3.56. The van der Waals surface area contributed by atoms with Crippen molar-refractivity contribution in [3.05, 3.63) is 71.3 Å². The first-order valence-corrected chi connectivity index (χ1v) is 8.72. The summed E-state index contributed by atoms with van der Waals surface area (Å²) in [5.74, 6) is 0.681. The zero-order valence-electron chi connectivity index (χ0n) is 14.3. The molecule has 1 heterocycles. The lowest BCUT2D eigenvalue weighted by Gasteiger charge is -2.37. The molecule has 1 aliphatic heterocycles. The number of rotatable bonds is 5. The molecule has 2 atom stereocenters. The fraction of sp³-hybridized carbons (Fsp3) is 0.429. The Hall–Kier alpha value is -1.64. The Morgan fingerprint density at radius 3 is 2.48 bits per heavy atom. The summed E-state index contributed by atoms with van der Waals surface area (Å²) in [6.45, 7) is 5.50. The van der Waals surface area contributed by atoms with Crippen LogP contribution in [0, 0.1) is 12.8 Å². The van der Waals surface area contributed by atoms with Gasteiger partial charge in [-0.2, -0.15) is 0 Å². The highest BCUT2D eigenvalue weighted by Gasteiger charge is 2.27. The van der Waals surface area contributed by atoms with Crippen molar-refractivity contribution >= 4 is 0 Å². The molecule has 2 aromatic carbocycles. The third kappa shape index (κ3) is 4.66. The highest BCUT2D eigenvalue weighted by molar-refractivity contribution is 5.22. The minimum Gasteiger partial charge on any atom is -0.310 e. The van der Waals surface area contributed by atoms with E-state index in [2.05, 4.69) is 78.8 Å². The normalized spacial score (nSPS) is 22.2. The average Bonchev–Trinajstić information content (AvgIpc) is 2.57. The second-order valence-corrected chi connectivity index (χ2v) is 6.97. The summed E-state index contributed by atoms with van der Waals surface area (Å²) in [6, 6.07) is 20.4. The first kappa shape index (κ1) is 16.2. The van der Waals surface area contributed by atoms with E-state index in [1.165, 1.54) is 36.2 Å². The summed E-state index contributed by atoms with van der Waals surface area (Å²) < 4.78 is 0. The molecule has 2 heteroatoms. The summed E-state index contributed by atoms with van der Waals surface area (Å²) in [7, 11) is 2.25. The van der Waals surface area contributed by atoms with E-state index in [1.807, 2.05) is 0 Å². The molecule has 2 nitrogen and oxygen atoms in total. The quantitative estimate of drug-likeness (QED) is 0.907. The third-order valence-electron chi connectivity index (χ3n) is 4.97. The largest absolute Gasteiger partial charge is 0.310 e. The molecule has 0 spiro atoms. The van der Waals surface area contributed by atoms with E-state index in [-0.39, 0.29) is 0 Å². The number of piperidine rings is 1. The summed E-state index contributed by atoms with van der Waals surface area (Å²) in [5.41, 5.74) is 4.18. The molecule has 23 heavy (non-hydrogen) atoms. The van der Waals surface area contributed by atoms with Crippen LogP contribution in [0.5, 0.6) is 0 Å². The third-order valence-corrected chi connectivity index (χ3v) is 4.97. The van der Waals surface area contributed by atoms with Crippen LogP contribution in [0.1, 0.15) is 23.1 Å². The molecular formula is C21H28N2. The molecule has 0 unspecified atom stereocenters. The van der Waals surface area contributed by atoms with Gasteiger partial charge in [-0.3, -0.25) is 0 Å². The summed E-state index contributed by atoms with van der Waals surface area (Å²) in [5, 5.41) is 3.81. The van der Waals surface area contributed by atoms with E-state index >= 15 is 0 Å². The van der Waals surface area contributed by atoms with Gasteiger partial charge in [-0.05, 0) is 50.4 Å². The van der Waals surface area contributed by atoms with E-state index in [9.17, 15) is 0 Å². The molecule has 0 amide bonds. The number of aryl methyl sites for hydroxylation is 1. The predicted octanol–water partition coefficient (Wildman–Crippen LogP) is 3.65. The van der Waals surface area contributed by atoms with E-state index < -0.39 is 0 Å². The van der Waals surface area contributed by atoms with E-state index in [0.29, 0.717) is 12.0 Å². The van der Waals surface area contributed by atoms with Gasteiger partial charge in [-0.1, -0.05) is 60.2 Å². The van der Waals surface area contributed by atoms with Crippen molar-refractivity contribution in [3.63, 3.8) is 0 Å². The minimum absolute atomic E-state index is 0.604. The molecule has 3 rings (SSSR count). The van der Waals surface area contributed by atoms with Crippen LogP contribution >= 0.6 is 0 Å². The van der Waals surface area contributed by atoms with E-state index in [0.717, 1.165) is 13.0 Å². The van der Waals surface area contributed by atoms with Crippen LogP contribution in [0.15, 0.2) is 54.6 Å². The molecule has 1 aliphatic rings. The minimum atomic E-state index is 0.604. The Bertz CT molecular complexity index is 591. The molecule has 122 valence electrons. The van der Waals surface area contributed by atoms with Gasteiger partial charge in [0.25, 0.3) is 0 Å². The van der Waals surface area contributed by atoms with Crippen molar-refractivity contribution in [1.82, 2.24) is 10.2 Å². The van der Waals surface area contributed by atoms with Gasteiger partial charge in [0.1, 0.15) is 0 Å². The lowest BCUT2D eigenvalue weighted by Crippen LogP contribution is -2.48. The molecule has 0 saturated carbocycles. The van der Waals surface area contributed by atoms with Gasteiger partial charge in [0.05, 0.1) is 0 Å². The number of nitrogens with zero attached hydrogens (tertiary/aromatic N) is 1. The van der Waals surface area contributed by atoms with Gasteiger partial charge >= 0.3 is 0 Å². The number of hydrogen-bond donors (Lipinski definition) is 1. The zero-order valence-corrected chi connectivity index (χ0v) is 14.3. The average molecular weight is 308 g/mol. The number of nitrogens with one attached hydrogen (secondary N) is 1. The van der Waals surface area contributed by atoms with Crippen LogP contribution in [0.4, 0.5) is 0 Å². The predicted molar refractivity (Wildman–Crippen MR) is 97.6 cm³/mol. The SMILES string of the molecule is Cc1ccc(C[C@H]2CN(C)CC[C@H]2NCc2ccccc2)cc1. The number of likely N-dealkylation sites (tertiary alicyclic amines) is 1. The van der Waals surface area contributed by atoms with Crippen molar-refractivity contribution < 1.29 is 0 Å². The van der Waals surface area contributed by atoms with Crippen LogP contribution in [-0.4, -0.2) is 31.1 Å². The second kappa shape index (κ2) is 7.76. The van der Waals surface area contributed by atoms with Gasteiger partial charge < -0.3 is 10.2 Å². The first-order valence-electron chi connectivity index (χ1n) is 8.72. The van der Waals surface area contributed by atoms with Crippen molar-refractivity contribution in [2.45, 2.75) is 32.4 Å². The van der Waals surface area contributed by atoms with Crippen LogP contribution in [0.25, 0.3) is 0 Å². The maximum Gasteiger partial charge on any atom is 0.0208 e. The lowest BCUT2D eigenvalue weighted by molar-refractivity contribution is 0.162. The van der Waals surface area contributed by atoms with Gasteiger partial charge in [-0.15, -0.1) is 0 Å². The van der Waals surface area contributed by atoms with E-state index in [1.54, 1.807) is 0 Å². The summed E-state index contributed by atoms with van der Waals surface area (Å²) in [6.07, 6.45) is 2.40. The Kier molecular flexibility index (Phi) is 5.47. The van der Waals surface area contributed by atoms with Gasteiger partial charge in [0.2, 0.25) is 0 Å². The van der Waals surface area contributed by atoms with Crippen LogP contribution < -0.4 is 5.32 Å². The van der Waals surface area contributed by atoms with Crippen molar-refractivity contribution in [2.24, 2.45) is 5.92 Å².